The normalized spacial score (nSPS) is 21.7. The van der Waals surface area contributed by atoms with Gasteiger partial charge in [0.15, 0.2) is 6.23 Å². The zero-order valence-corrected chi connectivity index (χ0v) is 33.4. The van der Waals surface area contributed by atoms with Gasteiger partial charge in [0, 0.05) is 50.7 Å². The third-order valence-corrected chi connectivity index (χ3v) is 11.7. The molecule has 1 fully saturated rings. The number of aryl methyl sites for hydroxylation is 1. The van der Waals surface area contributed by atoms with Crippen LogP contribution in [-0.4, -0.2) is 148 Å². The van der Waals surface area contributed by atoms with Gasteiger partial charge >= 0.3 is 5.69 Å². The van der Waals surface area contributed by atoms with E-state index in [0.717, 1.165) is 0 Å². The summed E-state index contributed by atoms with van der Waals surface area (Å²) < 4.78 is 60.2. The van der Waals surface area contributed by atoms with Gasteiger partial charge in [-0.1, -0.05) is 0 Å². The Kier molecular flexibility index (Phi) is 19.7. The fourth-order valence-electron chi connectivity index (χ4n) is 5.48. The van der Waals surface area contributed by atoms with Gasteiger partial charge in [-0.15, -0.1) is 0 Å². The van der Waals surface area contributed by atoms with Crippen LogP contribution in [0.4, 0.5) is 0 Å². The molecule has 2 rings (SSSR count). The molecule has 1 aliphatic heterocycles. The zero-order valence-electron chi connectivity index (χ0n) is 31.7. The quantitative estimate of drug-likeness (QED) is 0.0893. The summed E-state index contributed by atoms with van der Waals surface area (Å²) in [6.07, 6.45) is -4.19. The molecule has 7 atom stereocenters. The number of rotatable bonds is 24. The minimum Gasteiger partial charge on any atom is -0.382 e. The summed E-state index contributed by atoms with van der Waals surface area (Å²) >= 11 is 0. The molecule has 1 aromatic heterocycles. The number of nitrogens with one attached hydrogen (secondary N) is 2. The molecule has 0 aliphatic carbocycles. The van der Waals surface area contributed by atoms with Crippen molar-refractivity contribution in [1.82, 2.24) is 24.4 Å². The van der Waals surface area contributed by atoms with E-state index in [1.165, 1.54) is 24.5 Å². The van der Waals surface area contributed by atoms with Gasteiger partial charge in [-0.25, -0.2) is 16.0 Å². The standard InChI is InChI=1S/C32H58N6O11P2/c1-12-47-51(11,42)21-25(45-20-26(39)34-13-15-36(8)9)27-28(49-50(46-16-14-33-7)38(22(2)3)23(4)5)29(44-18-17-43-10)31(48-27)37-19-24(6)30(40)35-32(37)41/h19,22-23,25,27-29,31H,12-18,20-21H2,1-6,8-11H3,(H,34,39)(H,35,40,41)/t25-,27+,28+,29+,31+,50?,51?/m0/s1. The summed E-state index contributed by atoms with van der Waals surface area (Å²) in [7, 11) is 0.0704. The Balaban J connectivity index is 2.75. The van der Waals surface area contributed by atoms with Crippen molar-refractivity contribution >= 4 is 21.8 Å². The van der Waals surface area contributed by atoms with Crippen LogP contribution >= 0.6 is 15.9 Å². The number of aromatic amines is 1. The Morgan fingerprint density at radius 3 is 2.45 bits per heavy atom. The van der Waals surface area contributed by atoms with Gasteiger partial charge in [0.05, 0.1) is 32.1 Å². The number of carbonyl (C=O) groups is 1. The SMILES string of the molecule is [C-]#[N+]CCOP(O[C@H]1[C@@H](OCCOC)[C@H](n2cc(C)c(=O)[nH]c2=O)O[C@@H]1[C@H](CP(C)(=O)OCC)OCC(=O)NCCN(C)C)N(C(C)C)C(C)C. The highest BCUT2D eigenvalue weighted by Gasteiger charge is 2.54. The Morgan fingerprint density at radius 1 is 1.18 bits per heavy atom. The van der Waals surface area contributed by atoms with Crippen LogP contribution < -0.4 is 16.6 Å². The zero-order chi connectivity index (χ0) is 38.3. The molecule has 0 saturated carbocycles. The average molecular weight is 765 g/mol. The molecule has 292 valence electrons. The predicted molar refractivity (Wildman–Crippen MR) is 194 cm³/mol. The summed E-state index contributed by atoms with van der Waals surface area (Å²) in [4.78, 5) is 46.3. The van der Waals surface area contributed by atoms with Crippen molar-refractivity contribution in [2.75, 3.05) is 86.7 Å². The predicted octanol–water partition coefficient (Wildman–Crippen LogP) is 2.45. The molecule has 1 aromatic rings. The van der Waals surface area contributed by atoms with Crippen molar-refractivity contribution in [1.29, 1.82) is 0 Å². The molecular formula is C32H58N6O11P2. The molecule has 1 saturated heterocycles. The number of ether oxygens (including phenoxy) is 4. The highest BCUT2D eigenvalue weighted by atomic mass is 31.2. The molecule has 51 heavy (non-hydrogen) atoms. The number of hydrogen-bond acceptors (Lipinski definition) is 13. The molecule has 0 bridgehead atoms. The van der Waals surface area contributed by atoms with Crippen LogP contribution in [0.1, 0.15) is 46.4 Å². The van der Waals surface area contributed by atoms with Gasteiger partial charge in [0.2, 0.25) is 19.8 Å². The van der Waals surface area contributed by atoms with Crippen LogP contribution in [0, 0.1) is 13.5 Å². The summed E-state index contributed by atoms with van der Waals surface area (Å²) in [5, 5.41) is 2.81. The van der Waals surface area contributed by atoms with E-state index in [0.29, 0.717) is 13.1 Å². The molecule has 0 aromatic carbocycles. The molecule has 0 spiro atoms. The van der Waals surface area contributed by atoms with Crippen LogP contribution in [0.25, 0.3) is 4.85 Å². The van der Waals surface area contributed by atoms with Crippen molar-refractivity contribution < 1.29 is 41.9 Å². The molecule has 1 amide bonds. The van der Waals surface area contributed by atoms with Crippen LogP contribution in [-0.2, 0) is 41.9 Å². The molecule has 19 heteroatoms. The number of carbonyl (C=O) groups excluding carboxylic acids is 1. The number of H-pyrrole nitrogens is 1. The van der Waals surface area contributed by atoms with Gasteiger partial charge < -0.3 is 47.6 Å². The van der Waals surface area contributed by atoms with Gasteiger partial charge in [-0.05, 0) is 55.6 Å². The first-order valence-corrected chi connectivity index (χ1v) is 20.5. The van der Waals surface area contributed by atoms with Crippen molar-refractivity contribution in [3.05, 3.63) is 44.0 Å². The smallest absolute Gasteiger partial charge is 0.330 e. The number of nitrogens with zero attached hydrogens (tertiary/aromatic N) is 4. The minimum atomic E-state index is -3.33. The third-order valence-electron chi connectivity index (χ3n) is 7.70. The lowest BCUT2D eigenvalue weighted by molar-refractivity contribution is -0.135. The second-order valence-corrected chi connectivity index (χ2v) is 17.1. The summed E-state index contributed by atoms with van der Waals surface area (Å²) in [6, 6.07) is -0.102. The largest absolute Gasteiger partial charge is 0.382 e. The number of hydrogen-bond donors (Lipinski definition) is 2. The molecule has 2 unspecified atom stereocenters. The second-order valence-electron chi connectivity index (χ2n) is 13.0. The van der Waals surface area contributed by atoms with Crippen LogP contribution in [0.15, 0.2) is 15.8 Å². The number of aromatic nitrogens is 2. The molecule has 0 radical (unpaired) electrons. The van der Waals surface area contributed by atoms with E-state index in [1.54, 1.807) is 13.8 Å². The summed E-state index contributed by atoms with van der Waals surface area (Å²) in [6.45, 7) is 21.3. The first-order valence-electron chi connectivity index (χ1n) is 17.1. The number of amides is 1. The summed E-state index contributed by atoms with van der Waals surface area (Å²) in [5.41, 5.74) is -1.05. The maximum absolute atomic E-state index is 13.7. The Labute approximate surface area is 302 Å². The monoisotopic (exact) mass is 764 g/mol. The maximum atomic E-state index is 13.7. The highest BCUT2D eigenvalue weighted by molar-refractivity contribution is 7.58. The second kappa shape index (κ2) is 22.2. The van der Waals surface area contributed by atoms with Crippen molar-refractivity contribution in [3.8, 4) is 0 Å². The lowest BCUT2D eigenvalue weighted by Crippen LogP contribution is -2.47. The average Bonchev–Trinajstić information content (AvgIpc) is 3.37. The Morgan fingerprint density at radius 2 is 1.86 bits per heavy atom. The topological polar surface area (TPSA) is 176 Å². The Bertz CT molecular complexity index is 1410. The number of likely N-dealkylation sites (N-methyl/N-ethyl adjacent to an activating group) is 1. The fraction of sp³-hybridized carbons (Fsp3) is 0.812. The first kappa shape index (κ1) is 45.1. The molecule has 2 N–H and O–H groups in total. The van der Waals surface area contributed by atoms with Crippen molar-refractivity contribution in [2.24, 2.45) is 0 Å². The van der Waals surface area contributed by atoms with E-state index >= 15 is 0 Å². The van der Waals surface area contributed by atoms with Gasteiger partial charge in [-0.3, -0.25) is 23.7 Å². The number of methoxy groups -OCH3 is 1. The molecule has 2 heterocycles. The van der Waals surface area contributed by atoms with Crippen LogP contribution in [0.2, 0.25) is 0 Å². The van der Waals surface area contributed by atoms with Gasteiger partial charge in [0.1, 0.15) is 31.5 Å². The fourth-order valence-corrected chi connectivity index (χ4v) is 8.84. The molecular weight excluding hydrogens is 706 g/mol. The van der Waals surface area contributed by atoms with E-state index in [2.05, 4.69) is 15.1 Å². The lowest BCUT2D eigenvalue weighted by Gasteiger charge is -2.39. The van der Waals surface area contributed by atoms with Gasteiger partial charge in [-0.2, -0.15) is 0 Å². The van der Waals surface area contributed by atoms with Crippen LogP contribution in [0.5, 0.6) is 0 Å². The first-order chi connectivity index (χ1) is 24.1. The van der Waals surface area contributed by atoms with E-state index in [4.69, 9.17) is 39.1 Å². The van der Waals surface area contributed by atoms with Crippen molar-refractivity contribution in [2.45, 2.75) is 84.3 Å². The van der Waals surface area contributed by atoms with Crippen molar-refractivity contribution in [3.63, 3.8) is 0 Å². The van der Waals surface area contributed by atoms with Gasteiger partial charge in [0.25, 0.3) is 14.1 Å². The Hall–Kier alpha value is -2.06. The van der Waals surface area contributed by atoms with E-state index in [9.17, 15) is 18.9 Å². The third kappa shape index (κ3) is 14.4. The highest BCUT2D eigenvalue weighted by Crippen LogP contribution is 2.52. The van der Waals surface area contributed by atoms with E-state index in [-0.39, 0.29) is 56.8 Å². The van der Waals surface area contributed by atoms with Crippen LogP contribution in [0.3, 0.4) is 0 Å². The summed E-state index contributed by atoms with van der Waals surface area (Å²) in [5.74, 6) is -0.396. The van der Waals surface area contributed by atoms with E-state index in [1.807, 2.05) is 51.4 Å². The maximum Gasteiger partial charge on any atom is 0.330 e. The lowest BCUT2D eigenvalue weighted by atomic mass is 10.1. The van der Waals surface area contributed by atoms with E-state index < -0.39 is 70.3 Å². The molecule has 17 nitrogen and oxygen atoms in total. The molecule has 1 aliphatic rings. The minimum absolute atomic E-state index is 0.0512.